The lowest BCUT2D eigenvalue weighted by Crippen LogP contribution is -2.36. The predicted molar refractivity (Wildman–Crippen MR) is 117 cm³/mol. The van der Waals surface area contributed by atoms with Crippen LogP contribution >= 0.6 is 0 Å². The van der Waals surface area contributed by atoms with Crippen LogP contribution in [0.3, 0.4) is 0 Å². The number of ketones is 1. The van der Waals surface area contributed by atoms with Gasteiger partial charge in [-0.2, -0.15) is 0 Å². The average molecular weight is 437 g/mol. The molecule has 2 heterocycles. The maximum atomic E-state index is 13.6. The quantitative estimate of drug-likeness (QED) is 0.307. The molecule has 0 saturated carbocycles. The summed E-state index contributed by atoms with van der Waals surface area (Å²) in [7, 11) is 0. The summed E-state index contributed by atoms with van der Waals surface area (Å²) in [6.45, 7) is 4.76. The van der Waals surface area contributed by atoms with Crippen LogP contribution in [0.2, 0.25) is 0 Å². The SMILES string of the molecule is C=CCOc1ccc(/C(O)=C2\C(=O)C(=O)N(CC3CCCO3)C2c2ccc(F)cc2)cc1. The van der Waals surface area contributed by atoms with Gasteiger partial charge in [-0.25, -0.2) is 4.39 Å². The topological polar surface area (TPSA) is 76.1 Å². The number of aliphatic hydroxyl groups excluding tert-OH is 1. The zero-order valence-electron chi connectivity index (χ0n) is 17.5. The zero-order valence-corrected chi connectivity index (χ0v) is 17.5. The van der Waals surface area contributed by atoms with Crippen molar-refractivity contribution in [1.82, 2.24) is 4.90 Å². The van der Waals surface area contributed by atoms with E-state index >= 15 is 0 Å². The molecule has 32 heavy (non-hydrogen) atoms. The molecular formula is C25H24FNO5. The number of hydrogen-bond acceptors (Lipinski definition) is 5. The minimum atomic E-state index is -0.837. The highest BCUT2D eigenvalue weighted by atomic mass is 19.1. The summed E-state index contributed by atoms with van der Waals surface area (Å²) in [5.41, 5.74) is 0.883. The van der Waals surface area contributed by atoms with Gasteiger partial charge >= 0.3 is 0 Å². The minimum absolute atomic E-state index is 0.0284. The number of ether oxygens (including phenoxy) is 2. The van der Waals surface area contributed by atoms with Gasteiger partial charge in [0.1, 0.15) is 23.9 Å². The molecule has 4 rings (SSSR count). The number of likely N-dealkylation sites (tertiary alicyclic amines) is 1. The third-order valence-electron chi connectivity index (χ3n) is 5.65. The number of Topliss-reactive ketones (excluding diaryl/α,β-unsaturated/α-hetero) is 1. The van der Waals surface area contributed by atoms with Crippen molar-refractivity contribution < 1.29 is 28.6 Å². The Morgan fingerprint density at radius 1 is 1.19 bits per heavy atom. The Morgan fingerprint density at radius 3 is 2.53 bits per heavy atom. The zero-order chi connectivity index (χ0) is 22.7. The lowest BCUT2D eigenvalue weighted by atomic mass is 9.95. The number of benzene rings is 2. The summed E-state index contributed by atoms with van der Waals surface area (Å²) in [4.78, 5) is 27.4. The van der Waals surface area contributed by atoms with E-state index in [4.69, 9.17) is 9.47 Å². The Labute approximate surface area is 185 Å². The molecule has 2 aromatic carbocycles. The monoisotopic (exact) mass is 437 g/mol. The summed E-state index contributed by atoms with van der Waals surface area (Å²) in [5.74, 6) is -1.62. The molecule has 2 atom stereocenters. The second kappa shape index (κ2) is 9.36. The van der Waals surface area contributed by atoms with Gasteiger partial charge < -0.3 is 19.5 Å². The molecule has 2 aliphatic heterocycles. The third-order valence-corrected chi connectivity index (χ3v) is 5.65. The fourth-order valence-corrected chi connectivity index (χ4v) is 4.09. The molecule has 7 heteroatoms. The molecule has 0 aromatic heterocycles. The lowest BCUT2D eigenvalue weighted by molar-refractivity contribution is -0.140. The number of halogens is 1. The number of carbonyl (C=O) groups excluding carboxylic acids is 2. The van der Waals surface area contributed by atoms with E-state index in [1.807, 2.05) is 0 Å². The maximum Gasteiger partial charge on any atom is 0.295 e. The number of nitrogens with zero attached hydrogens (tertiary/aromatic N) is 1. The molecule has 2 fully saturated rings. The highest BCUT2D eigenvalue weighted by molar-refractivity contribution is 6.46. The Morgan fingerprint density at radius 2 is 1.91 bits per heavy atom. The second-order valence-corrected chi connectivity index (χ2v) is 7.76. The second-order valence-electron chi connectivity index (χ2n) is 7.76. The highest BCUT2D eigenvalue weighted by Gasteiger charge is 2.47. The first-order chi connectivity index (χ1) is 15.5. The Hall–Kier alpha value is -3.45. The molecule has 0 spiro atoms. The molecule has 6 nitrogen and oxygen atoms in total. The van der Waals surface area contributed by atoms with Gasteiger partial charge in [-0.05, 0) is 54.8 Å². The van der Waals surface area contributed by atoms with E-state index < -0.39 is 23.5 Å². The molecule has 1 amide bonds. The van der Waals surface area contributed by atoms with E-state index in [0.29, 0.717) is 30.1 Å². The molecule has 0 aliphatic carbocycles. The van der Waals surface area contributed by atoms with Crippen LogP contribution in [0.4, 0.5) is 4.39 Å². The molecule has 166 valence electrons. The molecule has 1 N–H and O–H groups in total. The van der Waals surface area contributed by atoms with E-state index in [-0.39, 0.29) is 24.0 Å². The van der Waals surface area contributed by atoms with E-state index in [1.54, 1.807) is 30.3 Å². The van der Waals surface area contributed by atoms with Gasteiger partial charge in [0.15, 0.2) is 0 Å². The average Bonchev–Trinajstić information content (AvgIpc) is 3.41. The van der Waals surface area contributed by atoms with Gasteiger partial charge in [-0.1, -0.05) is 24.8 Å². The fraction of sp³-hybridized carbons (Fsp3) is 0.280. The molecule has 2 aliphatic rings. The van der Waals surface area contributed by atoms with E-state index in [1.165, 1.54) is 29.2 Å². The first kappa shape index (κ1) is 21.8. The third kappa shape index (κ3) is 4.29. The van der Waals surface area contributed by atoms with Gasteiger partial charge in [-0.3, -0.25) is 9.59 Å². The summed E-state index contributed by atoms with van der Waals surface area (Å²) < 4.78 is 24.7. The first-order valence-corrected chi connectivity index (χ1v) is 10.5. The van der Waals surface area contributed by atoms with Crippen molar-refractivity contribution in [2.75, 3.05) is 19.8 Å². The van der Waals surface area contributed by atoms with Crippen LogP contribution < -0.4 is 4.74 Å². The van der Waals surface area contributed by atoms with Crippen LogP contribution in [0, 0.1) is 5.82 Å². The van der Waals surface area contributed by atoms with E-state index in [2.05, 4.69) is 6.58 Å². The summed E-state index contributed by atoms with van der Waals surface area (Å²) in [6, 6.07) is 11.3. The van der Waals surface area contributed by atoms with Gasteiger partial charge in [0.2, 0.25) is 0 Å². The summed E-state index contributed by atoms with van der Waals surface area (Å²) >= 11 is 0. The van der Waals surface area contributed by atoms with Gasteiger partial charge in [-0.15, -0.1) is 0 Å². The Kier molecular flexibility index (Phi) is 6.37. The van der Waals surface area contributed by atoms with Crippen LogP contribution in [0.15, 0.2) is 66.8 Å². The number of hydrogen-bond donors (Lipinski definition) is 1. The smallest absolute Gasteiger partial charge is 0.295 e. The number of carbonyl (C=O) groups is 2. The highest BCUT2D eigenvalue weighted by Crippen LogP contribution is 2.40. The van der Waals surface area contributed by atoms with E-state index in [0.717, 1.165) is 12.8 Å². The largest absolute Gasteiger partial charge is 0.507 e. The van der Waals surface area contributed by atoms with Crippen molar-refractivity contribution in [3.8, 4) is 5.75 Å². The van der Waals surface area contributed by atoms with E-state index in [9.17, 15) is 19.1 Å². The lowest BCUT2D eigenvalue weighted by Gasteiger charge is -2.27. The van der Waals surface area contributed by atoms with Crippen molar-refractivity contribution in [2.24, 2.45) is 0 Å². The van der Waals surface area contributed by atoms with Crippen LogP contribution in [0.25, 0.3) is 5.76 Å². The molecule has 0 radical (unpaired) electrons. The predicted octanol–water partition coefficient (Wildman–Crippen LogP) is 3.99. The van der Waals surface area contributed by atoms with Crippen molar-refractivity contribution in [3.63, 3.8) is 0 Å². The normalized spacial score (nSPS) is 22.3. The van der Waals surface area contributed by atoms with Gasteiger partial charge in [0, 0.05) is 18.7 Å². The fourth-order valence-electron chi connectivity index (χ4n) is 4.09. The number of aliphatic hydroxyl groups is 1. The van der Waals surface area contributed by atoms with Crippen LogP contribution in [0.1, 0.15) is 30.0 Å². The van der Waals surface area contributed by atoms with Crippen molar-refractivity contribution in [3.05, 3.63) is 83.7 Å². The summed E-state index contributed by atoms with van der Waals surface area (Å²) in [5, 5.41) is 11.1. The van der Waals surface area contributed by atoms with Crippen molar-refractivity contribution >= 4 is 17.4 Å². The number of amides is 1. The Balaban J connectivity index is 1.74. The molecule has 0 bridgehead atoms. The minimum Gasteiger partial charge on any atom is -0.507 e. The molecule has 2 aromatic rings. The molecule has 2 unspecified atom stereocenters. The molecular weight excluding hydrogens is 413 g/mol. The van der Waals surface area contributed by atoms with Crippen LogP contribution in [-0.2, 0) is 14.3 Å². The van der Waals surface area contributed by atoms with Gasteiger partial charge in [0.05, 0.1) is 17.7 Å². The standard InChI is InChI=1S/C25H24FNO5/c1-2-13-31-19-11-7-17(8-12-19)23(28)21-22(16-5-9-18(26)10-6-16)27(25(30)24(21)29)15-20-4-3-14-32-20/h2,5-12,20,22,28H,1,3-4,13-15H2/b23-21+. The first-order valence-electron chi connectivity index (χ1n) is 10.5. The summed E-state index contributed by atoms with van der Waals surface area (Å²) in [6.07, 6.45) is 3.10. The van der Waals surface area contributed by atoms with Gasteiger partial charge in [0.25, 0.3) is 11.7 Å². The van der Waals surface area contributed by atoms with Crippen molar-refractivity contribution in [2.45, 2.75) is 25.0 Å². The molecule has 2 saturated heterocycles. The Bertz CT molecular complexity index is 1040. The maximum absolute atomic E-state index is 13.6. The number of rotatable bonds is 7. The van der Waals surface area contributed by atoms with Crippen molar-refractivity contribution in [1.29, 1.82) is 0 Å². The van der Waals surface area contributed by atoms with Crippen LogP contribution in [0.5, 0.6) is 5.75 Å². The van der Waals surface area contributed by atoms with Crippen LogP contribution in [-0.4, -0.2) is 47.6 Å².